The van der Waals surface area contributed by atoms with Gasteiger partial charge in [0, 0.05) is 11.1 Å². The molecule has 1 spiro atoms. The molecule has 1 heterocycles. The van der Waals surface area contributed by atoms with Crippen LogP contribution in [0.3, 0.4) is 0 Å². The van der Waals surface area contributed by atoms with Gasteiger partial charge in [0.25, 0.3) is 0 Å². The minimum Gasteiger partial charge on any atom is -0.457 e. The summed E-state index contributed by atoms with van der Waals surface area (Å²) >= 11 is 0. The number of ether oxygens (including phenoxy) is 1. The molecule has 0 unspecified atom stereocenters. The van der Waals surface area contributed by atoms with Crippen molar-refractivity contribution < 1.29 is 4.74 Å². The fourth-order valence-electron chi connectivity index (χ4n) is 10.8. The van der Waals surface area contributed by atoms with E-state index < -0.39 is 10.8 Å². The zero-order valence-corrected chi connectivity index (χ0v) is 34.7. The third-order valence-electron chi connectivity index (χ3n) is 13.6. The van der Waals surface area contributed by atoms with E-state index in [4.69, 9.17) is 4.74 Å². The van der Waals surface area contributed by atoms with Gasteiger partial charge in [-0.3, -0.25) is 0 Å². The summed E-state index contributed by atoms with van der Waals surface area (Å²) in [6, 6.07) is 68.6. The number of fused-ring (bicyclic) bond motifs is 12. The second-order valence-corrected chi connectivity index (χ2v) is 18.8. The second-order valence-electron chi connectivity index (χ2n) is 18.8. The Labute approximate surface area is 349 Å². The average Bonchev–Trinajstić information content (AvgIpc) is 3.72. The normalized spacial score (nSPS) is 15.0. The van der Waals surface area contributed by atoms with Crippen LogP contribution in [-0.2, 0) is 21.7 Å². The van der Waals surface area contributed by atoms with Crippen LogP contribution in [0.5, 0.6) is 11.5 Å². The van der Waals surface area contributed by atoms with Gasteiger partial charge in [-0.25, -0.2) is 0 Å². The Morgan fingerprint density at radius 3 is 1.34 bits per heavy atom. The van der Waals surface area contributed by atoms with E-state index in [0.29, 0.717) is 0 Å². The molecule has 8 aromatic rings. The maximum Gasteiger partial charge on any atom is 0.132 e. The summed E-state index contributed by atoms with van der Waals surface area (Å²) in [5.41, 5.74) is 19.4. The Kier molecular flexibility index (Phi) is 7.58. The number of benzene rings is 8. The van der Waals surface area contributed by atoms with Crippen molar-refractivity contribution in [3.8, 4) is 44.9 Å². The molecule has 0 bridgehead atoms. The molecule has 286 valence electrons. The van der Waals surface area contributed by atoms with Gasteiger partial charge in [0.15, 0.2) is 0 Å². The average molecular weight is 761 g/mol. The van der Waals surface area contributed by atoms with E-state index >= 15 is 0 Å². The number of hydrogen-bond donors (Lipinski definition) is 0. The van der Waals surface area contributed by atoms with Gasteiger partial charge in [0.2, 0.25) is 0 Å². The second kappa shape index (κ2) is 12.5. The largest absolute Gasteiger partial charge is 0.457 e. The Morgan fingerprint density at radius 2 is 0.780 bits per heavy atom. The lowest BCUT2D eigenvalue weighted by molar-refractivity contribution is 0.436. The first kappa shape index (κ1) is 35.7. The zero-order valence-electron chi connectivity index (χ0n) is 34.7. The predicted molar refractivity (Wildman–Crippen MR) is 244 cm³/mol. The van der Waals surface area contributed by atoms with E-state index in [2.05, 4.69) is 224 Å². The summed E-state index contributed by atoms with van der Waals surface area (Å²) in [6.45, 7) is 13.8. The van der Waals surface area contributed by atoms with E-state index in [0.717, 1.165) is 11.5 Å². The Morgan fingerprint density at radius 1 is 0.339 bits per heavy atom. The van der Waals surface area contributed by atoms with Crippen LogP contribution in [-0.4, -0.2) is 0 Å². The Hall–Kier alpha value is -6.44. The predicted octanol–water partition coefficient (Wildman–Crippen LogP) is 14.8. The summed E-state index contributed by atoms with van der Waals surface area (Å²) in [4.78, 5) is 0. The molecule has 1 aliphatic heterocycles. The maximum atomic E-state index is 6.85. The van der Waals surface area contributed by atoms with Crippen LogP contribution in [0.15, 0.2) is 182 Å². The number of para-hydroxylation sites is 1. The highest BCUT2D eigenvalue weighted by Crippen LogP contribution is 2.63. The lowest BCUT2D eigenvalue weighted by atomic mass is 9.65. The van der Waals surface area contributed by atoms with E-state index in [9.17, 15) is 0 Å². The molecule has 0 N–H and O–H groups in total. The molecule has 1 nitrogen and oxygen atoms in total. The Balaban J connectivity index is 1.19. The van der Waals surface area contributed by atoms with Crippen LogP contribution >= 0.6 is 0 Å². The lowest BCUT2D eigenvalue weighted by Gasteiger charge is -2.39. The van der Waals surface area contributed by atoms with Crippen molar-refractivity contribution in [1.82, 2.24) is 0 Å². The van der Waals surface area contributed by atoms with Crippen molar-refractivity contribution in [2.45, 2.75) is 63.2 Å². The highest BCUT2D eigenvalue weighted by molar-refractivity contribution is 5.96. The van der Waals surface area contributed by atoms with Crippen LogP contribution in [0.1, 0.15) is 97.2 Å². The molecule has 0 atom stereocenters. The lowest BCUT2D eigenvalue weighted by Crippen LogP contribution is -2.32. The van der Waals surface area contributed by atoms with Gasteiger partial charge in [-0.2, -0.15) is 0 Å². The fourth-order valence-corrected chi connectivity index (χ4v) is 10.8. The first-order chi connectivity index (χ1) is 28.5. The van der Waals surface area contributed by atoms with Crippen molar-refractivity contribution in [3.63, 3.8) is 0 Å². The number of hydrogen-bond acceptors (Lipinski definition) is 1. The zero-order chi connectivity index (χ0) is 40.3. The van der Waals surface area contributed by atoms with E-state index in [1.807, 2.05) is 0 Å². The minimum absolute atomic E-state index is 0.0487. The fraction of sp³-hybridized carbons (Fsp3) is 0.172. The van der Waals surface area contributed by atoms with E-state index in [1.165, 1.54) is 89.0 Å². The minimum atomic E-state index is -0.531. The van der Waals surface area contributed by atoms with Gasteiger partial charge in [-0.05, 0) is 107 Å². The molecule has 11 rings (SSSR count). The van der Waals surface area contributed by atoms with Crippen molar-refractivity contribution in [2.24, 2.45) is 0 Å². The number of rotatable bonds is 3. The summed E-state index contributed by atoms with van der Waals surface area (Å²) in [5, 5.41) is 0. The monoisotopic (exact) mass is 760 g/mol. The van der Waals surface area contributed by atoms with Gasteiger partial charge in [0.05, 0.1) is 10.8 Å². The smallest absolute Gasteiger partial charge is 0.132 e. The van der Waals surface area contributed by atoms with Crippen molar-refractivity contribution in [2.75, 3.05) is 0 Å². The molecule has 0 aromatic heterocycles. The van der Waals surface area contributed by atoms with Crippen molar-refractivity contribution in [1.29, 1.82) is 0 Å². The van der Waals surface area contributed by atoms with Gasteiger partial charge >= 0.3 is 0 Å². The van der Waals surface area contributed by atoms with Crippen LogP contribution < -0.4 is 4.74 Å². The highest BCUT2D eigenvalue weighted by Gasteiger charge is 2.52. The summed E-state index contributed by atoms with van der Waals surface area (Å²) in [6.07, 6.45) is 0. The SMILES string of the molecule is CC(C)(C)c1ccc(C2(c3ccc(C(C)(C)C)cc3)c3ccccc3-c3c(-c4ccc5c(c4)C4(c6ccccc6O5)c5ccccc5-c5ccccc54)cccc32)cc1. The van der Waals surface area contributed by atoms with Crippen molar-refractivity contribution >= 4 is 0 Å². The van der Waals surface area contributed by atoms with Gasteiger partial charge in [0.1, 0.15) is 11.5 Å². The molecule has 0 saturated carbocycles. The third-order valence-corrected chi connectivity index (χ3v) is 13.6. The van der Waals surface area contributed by atoms with Crippen LogP contribution in [0, 0.1) is 0 Å². The topological polar surface area (TPSA) is 9.23 Å². The van der Waals surface area contributed by atoms with E-state index in [-0.39, 0.29) is 10.8 Å². The van der Waals surface area contributed by atoms with Gasteiger partial charge < -0.3 is 4.74 Å². The third kappa shape index (κ3) is 4.91. The van der Waals surface area contributed by atoms with Crippen LogP contribution in [0.2, 0.25) is 0 Å². The molecule has 2 aliphatic carbocycles. The standard InChI is InChI=1S/C58H48O/c1-55(2,3)38-27-31-40(32-28-38)57(41-33-29-39(30-34-41)56(4,5)6)48-22-12-9-18-45(48)54-42(19-15-24-50(54)57)37-26-35-53-51(36-37)58(49-23-13-14-25-52(49)59-53)46-20-10-7-16-43(46)44-17-8-11-21-47(44)58/h7-36H,1-6H3. The molecular formula is C58H48O. The quantitative estimate of drug-likeness (QED) is 0.174. The summed E-state index contributed by atoms with van der Waals surface area (Å²) in [5.74, 6) is 1.81. The molecule has 0 radical (unpaired) electrons. The molecule has 1 heteroatoms. The van der Waals surface area contributed by atoms with Gasteiger partial charge in [-0.15, -0.1) is 0 Å². The first-order valence-electron chi connectivity index (χ1n) is 21.1. The molecule has 59 heavy (non-hydrogen) atoms. The molecular weight excluding hydrogens is 713 g/mol. The summed E-state index contributed by atoms with van der Waals surface area (Å²) < 4.78 is 6.85. The van der Waals surface area contributed by atoms with E-state index in [1.54, 1.807) is 0 Å². The molecule has 0 fully saturated rings. The first-order valence-corrected chi connectivity index (χ1v) is 21.1. The van der Waals surface area contributed by atoms with Crippen molar-refractivity contribution in [3.05, 3.63) is 238 Å². The molecule has 0 saturated heterocycles. The molecule has 0 amide bonds. The van der Waals surface area contributed by atoms with Gasteiger partial charge in [-0.1, -0.05) is 205 Å². The molecule has 3 aliphatic rings. The Bertz CT molecular complexity index is 2860. The molecule has 8 aromatic carbocycles. The van der Waals surface area contributed by atoms with Crippen LogP contribution in [0.25, 0.3) is 33.4 Å². The maximum absolute atomic E-state index is 6.85. The summed E-state index contributed by atoms with van der Waals surface area (Å²) in [7, 11) is 0. The highest BCUT2D eigenvalue weighted by atomic mass is 16.5. The van der Waals surface area contributed by atoms with Crippen LogP contribution in [0.4, 0.5) is 0 Å².